The number of carbonyl (C=O) groups excluding carboxylic acids is 1. The third-order valence-corrected chi connectivity index (χ3v) is 4.52. The molecule has 0 bridgehead atoms. The third-order valence-electron chi connectivity index (χ3n) is 4.52. The largest absolute Gasteiger partial charge is 0.508 e. The smallest absolute Gasteiger partial charge is 0.150 e. The maximum Gasteiger partial charge on any atom is 0.150 e. The number of carbonyl (C=O) groups is 1. The molecular formula is C20H15NO5. The van der Waals surface area contributed by atoms with Crippen molar-refractivity contribution in [1.29, 1.82) is 0 Å². The van der Waals surface area contributed by atoms with Crippen molar-refractivity contribution < 1.29 is 24.9 Å². The number of aromatic hydroxyl groups is 2. The Morgan fingerprint density at radius 2 is 1.38 bits per heavy atom. The second kappa shape index (κ2) is 5.50. The lowest BCUT2D eigenvalue weighted by Crippen LogP contribution is -2.33. The number of nitrogen functional groups attached to an aromatic ring is 1. The summed E-state index contributed by atoms with van der Waals surface area (Å²) in [6.45, 7) is 0. The number of fused-ring (bicyclic) bond motifs is 2. The lowest BCUT2D eigenvalue weighted by Gasteiger charge is -2.37. The van der Waals surface area contributed by atoms with E-state index >= 15 is 0 Å². The summed E-state index contributed by atoms with van der Waals surface area (Å²) < 4.78 is 5.76. The summed E-state index contributed by atoms with van der Waals surface area (Å²) >= 11 is 0. The van der Waals surface area contributed by atoms with E-state index in [-0.39, 0.29) is 28.6 Å². The molecule has 0 unspecified atom stereocenters. The zero-order chi connectivity index (χ0) is 18.5. The van der Waals surface area contributed by atoms with Gasteiger partial charge in [-0.1, -0.05) is 6.07 Å². The molecule has 0 radical (unpaired) electrons. The SMILES string of the molecule is Nc1ccc(C2(O)c3ccc(O)cc3Oc3cc(O)ccc32)c(C=O)c1. The summed E-state index contributed by atoms with van der Waals surface area (Å²) in [7, 11) is 0. The number of aldehydes is 1. The minimum Gasteiger partial charge on any atom is -0.508 e. The fourth-order valence-electron chi connectivity index (χ4n) is 3.35. The summed E-state index contributed by atoms with van der Waals surface area (Å²) in [5.74, 6) is 0.365. The van der Waals surface area contributed by atoms with Gasteiger partial charge < -0.3 is 25.8 Å². The summed E-state index contributed by atoms with van der Waals surface area (Å²) in [6, 6.07) is 13.3. The molecule has 0 saturated heterocycles. The number of aliphatic hydroxyl groups is 1. The van der Waals surface area contributed by atoms with Crippen molar-refractivity contribution in [3.05, 3.63) is 76.9 Å². The van der Waals surface area contributed by atoms with E-state index in [1.165, 1.54) is 42.5 Å². The van der Waals surface area contributed by atoms with Gasteiger partial charge in [0.2, 0.25) is 0 Å². The van der Waals surface area contributed by atoms with E-state index in [1.54, 1.807) is 12.1 Å². The first kappa shape index (κ1) is 16.0. The average Bonchev–Trinajstić information content (AvgIpc) is 2.60. The molecule has 0 amide bonds. The molecule has 1 aliphatic rings. The highest BCUT2D eigenvalue weighted by Gasteiger charge is 2.43. The molecule has 1 heterocycles. The molecule has 4 rings (SSSR count). The van der Waals surface area contributed by atoms with Gasteiger partial charge >= 0.3 is 0 Å². The lowest BCUT2D eigenvalue weighted by atomic mass is 9.76. The Hall–Kier alpha value is -3.51. The maximum absolute atomic E-state index is 11.8. The van der Waals surface area contributed by atoms with Crippen molar-refractivity contribution in [3.8, 4) is 23.0 Å². The maximum atomic E-state index is 11.8. The molecule has 0 aliphatic carbocycles. The zero-order valence-corrected chi connectivity index (χ0v) is 13.5. The highest BCUT2D eigenvalue weighted by Crippen LogP contribution is 2.52. The number of phenols is 2. The number of rotatable bonds is 2. The van der Waals surface area contributed by atoms with Gasteiger partial charge in [0, 0.05) is 40.1 Å². The van der Waals surface area contributed by atoms with E-state index in [0.717, 1.165) is 0 Å². The Balaban J connectivity index is 2.09. The minimum absolute atomic E-state index is 0.0392. The molecule has 0 fully saturated rings. The lowest BCUT2D eigenvalue weighted by molar-refractivity contribution is 0.104. The van der Waals surface area contributed by atoms with Gasteiger partial charge in [-0.3, -0.25) is 4.79 Å². The van der Waals surface area contributed by atoms with Crippen molar-refractivity contribution in [2.24, 2.45) is 0 Å². The molecule has 26 heavy (non-hydrogen) atoms. The number of phenolic OH excluding ortho intramolecular Hbond substituents is 2. The molecule has 3 aromatic rings. The van der Waals surface area contributed by atoms with Gasteiger partial charge in [0.05, 0.1) is 0 Å². The number of hydrogen-bond acceptors (Lipinski definition) is 6. The van der Waals surface area contributed by atoms with Crippen LogP contribution in [0.1, 0.15) is 27.0 Å². The van der Waals surface area contributed by atoms with Crippen LogP contribution >= 0.6 is 0 Å². The fraction of sp³-hybridized carbons (Fsp3) is 0.0500. The predicted octanol–water partition coefficient (Wildman–Crippen LogP) is 2.88. The van der Waals surface area contributed by atoms with Crippen LogP contribution in [0.3, 0.4) is 0 Å². The highest BCUT2D eigenvalue weighted by atomic mass is 16.5. The van der Waals surface area contributed by atoms with Gasteiger partial charge in [-0.2, -0.15) is 0 Å². The molecule has 3 aromatic carbocycles. The van der Waals surface area contributed by atoms with Crippen molar-refractivity contribution in [3.63, 3.8) is 0 Å². The van der Waals surface area contributed by atoms with Crippen LogP contribution in [0.2, 0.25) is 0 Å². The summed E-state index contributed by atoms with van der Waals surface area (Å²) in [5, 5.41) is 31.4. The third kappa shape index (κ3) is 2.20. The number of anilines is 1. The van der Waals surface area contributed by atoms with Crippen LogP contribution in [0.4, 0.5) is 5.69 Å². The number of benzene rings is 3. The summed E-state index contributed by atoms with van der Waals surface area (Å²) in [6.07, 6.45) is 0.624. The Morgan fingerprint density at radius 1 is 0.846 bits per heavy atom. The van der Waals surface area contributed by atoms with Crippen LogP contribution in [0.15, 0.2) is 54.6 Å². The first-order valence-corrected chi connectivity index (χ1v) is 7.86. The van der Waals surface area contributed by atoms with E-state index in [9.17, 15) is 20.1 Å². The topological polar surface area (TPSA) is 113 Å². The molecule has 130 valence electrons. The molecular weight excluding hydrogens is 334 g/mol. The van der Waals surface area contributed by atoms with Crippen LogP contribution in [0, 0.1) is 0 Å². The Kier molecular flexibility index (Phi) is 3.38. The van der Waals surface area contributed by atoms with E-state index in [2.05, 4.69) is 0 Å². The van der Waals surface area contributed by atoms with Gasteiger partial charge in [-0.25, -0.2) is 0 Å². The Morgan fingerprint density at radius 3 is 1.92 bits per heavy atom. The van der Waals surface area contributed by atoms with Gasteiger partial charge in [0.15, 0.2) is 6.29 Å². The van der Waals surface area contributed by atoms with Gasteiger partial charge in [-0.05, 0) is 36.4 Å². The molecule has 0 spiro atoms. The van der Waals surface area contributed by atoms with Gasteiger partial charge in [0.1, 0.15) is 28.6 Å². The second-order valence-corrected chi connectivity index (χ2v) is 6.14. The zero-order valence-electron chi connectivity index (χ0n) is 13.5. The van der Waals surface area contributed by atoms with Gasteiger partial charge in [0.25, 0.3) is 0 Å². The Labute approximate surface area is 148 Å². The summed E-state index contributed by atoms with van der Waals surface area (Å²) in [5.41, 5.74) is 5.71. The Bertz CT molecular complexity index is 993. The first-order valence-electron chi connectivity index (χ1n) is 7.86. The number of ether oxygens (including phenoxy) is 1. The predicted molar refractivity (Wildman–Crippen MR) is 94.6 cm³/mol. The summed E-state index contributed by atoms with van der Waals surface area (Å²) in [4.78, 5) is 11.6. The number of hydrogen-bond donors (Lipinski definition) is 4. The standard InChI is InChI=1S/C20H15NO5/c21-12-1-4-15(11(7-12)10-22)20(25)16-5-2-13(23)8-18(16)26-19-9-14(24)3-6-17(19)20/h1-10,23-25H,21H2. The van der Waals surface area contributed by atoms with Crippen LogP contribution in [-0.2, 0) is 5.60 Å². The average molecular weight is 349 g/mol. The normalized spacial score (nSPS) is 14.0. The molecule has 1 aliphatic heterocycles. The van der Waals surface area contributed by atoms with Crippen LogP contribution < -0.4 is 10.5 Å². The quantitative estimate of drug-likeness (QED) is 0.418. The van der Waals surface area contributed by atoms with Crippen molar-refractivity contribution in [2.75, 3.05) is 5.73 Å². The van der Waals surface area contributed by atoms with E-state index < -0.39 is 5.60 Å². The monoisotopic (exact) mass is 349 g/mol. The van der Waals surface area contributed by atoms with E-state index in [4.69, 9.17) is 10.5 Å². The van der Waals surface area contributed by atoms with Gasteiger partial charge in [-0.15, -0.1) is 0 Å². The number of nitrogens with two attached hydrogens (primary N) is 1. The van der Waals surface area contributed by atoms with Crippen molar-refractivity contribution in [2.45, 2.75) is 5.60 Å². The molecule has 5 N–H and O–H groups in total. The molecule has 6 heteroatoms. The minimum atomic E-state index is -1.73. The fourth-order valence-corrected chi connectivity index (χ4v) is 3.35. The first-order chi connectivity index (χ1) is 12.4. The molecule has 6 nitrogen and oxygen atoms in total. The molecule has 0 atom stereocenters. The van der Waals surface area contributed by atoms with Crippen LogP contribution in [0.5, 0.6) is 23.0 Å². The molecule has 0 saturated carbocycles. The van der Waals surface area contributed by atoms with Crippen LogP contribution in [-0.4, -0.2) is 21.6 Å². The highest BCUT2D eigenvalue weighted by molar-refractivity contribution is 5.82. The van der Waals surface area contributed by atoms with Crippen molar-refractivity contribution in [1.82, 2.24) is 0 Å². The van der Waals surface area contributed by atoms with E-state index in [1.807, 2.05) is 0 Å². The molecule has 0 aromatic heterocycles. The second-order valence-electron chi connectivity index (χ2n) is 6.14. The van der Waals surface area contributed by atoms with Crippen molar-refractivity contribution >= 4 is 12.0 Å². The van der Waals surface area contributed by atoms with Crippen LogP contribution in [0.25, 0.3) is 0 Å². The van der Waals surface area contributed by atoms with E-state index in [0.29, 0.717) is 28.7 Å².